The maximum absolute atomic E-state index is 8.63. The molecule has 3 heteroatoms. The summed E-state index contributed by atoms with van der Waals surface area (Å²) in [6, 6.07) is 3.56. The van der Waals surface area contributed by atoms with Gasteiger partial charge in [0, 0.05) is 11.8 Å². The zero-order valence-electron chi connectivity index (χ0n) is 4.78. The number of hydrogen-bond acceptors (Lipinski definition) is 3. The fourth-order valence-corrected chi connectivity index (χ4v) is 0.766. The third-order valence-electron chi connectivity index (χ3n) is 1.04. The Labute approximate surface area is 59.0 Å². The highest BCUT2D eigenvalue weighted by molar-refractivity contribution is 7.80. The zero-order valence-corrected chi connectivity index (χ0v) is 5.68. The molecular formula is C6H7NOS. The molecule has 0 fully saturated rings. The van der Waals surface area contributed by atoms with E-state index >= 15 is 0 Å². The summed E-state index contributed by atoms with van der Waals surface area (Å²) in [5, 5.41) is 9.23. The van der Waals surface area contributed by atoms with Gasteiger partial charge in [0.05, 0.1) is 11.6 Å². The van der Waals surface area contributed by atoms with Crippen molar-refractivity contribution < 1.29 is 5.11 Å². The lowest BCUT2D eigenvalue weighted by atomic mass is 10.3. The van der Waals surface area contributed by atoms with Crippen molar-refractivity contribution in [3.8, 4) is 0 Å². The van der Waals surface area contributed by atoms with Gasteiger partial charge < -0.3 is 5.11 Å². The monoisotopic (exact) mass is 141 g/mol. The van der Waals surface area contributed by atoms with Crippen molar-refractivity contribution >= 4 is 12.6 Å². The molecule has 0 amide bonds. The Balaban J connectivity index is 3.01. The van der Waals surface area contributed by atoms with Crippen molar-refractivity contribution in [1.82, 2.24) is 4.98 Å². The zero-order chi connectivity index (χ0) is 6.69. The molecule has 0 radical (unpaired) electrons. The number of pyridine rings is 1. The minimum Gasteiger partial charge on any atom is -0.392 e. The molecule has 9 heavy (non-hydrogen) atoms. The van der Waals surface area contributed by atoms with E-state index in [1.807, 2.05) is 0 Å². The van der Waals surface area contributed by atoms with Crippen LogP contribution >= 0.6 is 12.6 Å². The molecule has 48 valence electrons. The van der Waals surface area contributed by atoms with Crippen LogP contribution in [0.25, 0.3) is 0 Å². The number of nitrogens with zero attached hydrogens (tertiary/aromatic N) is 1. The summed E-state index contributed by atoms with van der Waals surface area (Å²) in [6.07, 6.45) is 1.64. The van der Waals surface area contributed by atoms with Crippen LogP contribution in [0.15, 0.2) is 23.4 Å². The highest BCUT2D eigenvalue weighted by atomic mass is 32.1. The van der Waals surface area contributed by atoms with Gasteiger partial charge in [-0.25, -0.2) is 4.98 Å². The number of thiol groups is 1. The van der Waals surface area contributed by atoms with E-state index in [1.54, 1.807) is 18.3 Å². The number of rotatable bonds is 1. The summed E-state index contributed by atoms with van der Waals surface area (Å²) in [6.45, 7) is 0.00662. The fourth-order valence-electron chi connectivity index (χ4n) is 0.554. The van der Waals surface area contributed by atoms with Gasteiger partial charge in [-0.3, -0.25) is 0 Å². The molecule has 1 heterocycles. The van der Waals surface area contributed by atoms with Crippen molar-refractivity contribution in [3.05, 3.63) is 23.9 Å². The highest BCUT2D eigenvalue weighted by Gasteiger charge is 1.93. The van der Waals surface area contributed by atoms with E-state index in [9.17, 15) is 0 Å². The second-order valence-corrected chi connectivity index (χ2v) is 2.07. The Morgan fingerprint density at radius 3 is 2.89 bits per heavy atom. The van der Waals surface area contributed by atoms with Gasteiger partial charge >= 0.3 is 0 Å². The molecule has 1 aromatic rings. The predicted octanol–water partition coefficient (Wildman–Crippen LogP) is 0.863. The van der Waals surface area contributed by atoms with Crippen LogP contribution in [-0.4, -0.2) is 10.1 Å². The summed E-state index contributed by atoms with van der Waals surface area (Å²) < 4.78 is 0. The third-order valence-corrected chi connectivity index (χ3v) is 1.44. The normalized spacial score (nSPS) is 9.56. The topological polar surface area (TPSA) is 33.1 Å². The van der Waals surface area contributed by atoms with Gasteiger partial charge in [-0.2, -0.15) is 0 Å². The minimum absolute atomic E-state index is 0.00662. The lowest BCUT2D eigenvalue weighted by molar-refractivity contribution is 0.278. The molecule has 0 spiro atoms. The number of aliphatic hydroxyl groups is 1. The van der Waals surface area contributed by atoms with Crippen molar-refractivity contribution in [2.75, 3.05) is 0 Å². The van der Waals surface area contributed by atoms with Crippen LogP contribution in [0.2, 0.25) is 0 Å². The molecule has 0 aliphatic heterocycles. The van der Waals surface area contributed by atoms with Gasteiger partial charge in [-0.05, 0) is 6.07 Å². The van der Waals surface area contributed by atoms with Crippen LogP contribution in [-0.2, 0) is 6.61 Å². The van der Waals surface area contributed by atoms with Gasteiger partial charge in [0.2, 0.25) is 0 Å². The molecule has 0 unspecified atom stereocenters. The Morgan fingerprint density at radius 1 is 1.67 bits per heavy atom. The van der Waals surface area contributed by atoms with Gasteiger partial charge in [0.1, 0.15) is 0 Å². The molecule has 0 bridgehead atoms. The maximum Gasteiger partial charge on any atom is 0.0984 e. The van der Waals surface area contributed by atoms with Crippen molar-refractivity contribution in [1.29, 1.82) is 0 Å². The summed E-state index contributed by atoms with van der Waals surface area (Å²) >= 11 is 4.01. The quantitative estimate of drug-likeness (QED) is 0.569. The highest BCUT2D eigenvalue weighted by Crippen LogP contribution is 2.07. The minimum atomic E-state index is 0.00662. The number of hydrogen-bond donors (Lipinski definition) is 2. The van der Waals surface area contributed by atoms with E-state index in [1.165, 1.54) is 0 Å². The average Bonchev–Trinajstić information content (AvgIpc) is 1.89. The van der Waals surface area contributed by atoms with Gasteiger partial charge in [-0.15, -0.1) is 12.6 Å². The van der Waals surface area contributed by atoms with Crippen LogP contribution in [0.4, 0.5) is 0 Å². The molecule has 1 rings (SSSR count). The predicted molar refractivity (Wildman–Crippen MR) is 37.4 cm³/mol. The molecular weight excluding hydrogens is 134 g/mol. The van der Waals surface area contributed by atoms with Crippen LogP contribution in [0, 0.1) is 0 Å². The molecule has 0 saturated carbocycles. The third kappa shape index (κ3) is 1.43. The van der Waals surface area contributed by atoms with E-state index in [4.69, 9.17) is 5.11 Å². The fraction of sp³-hybridized carbons (Fsp3) is 0.167. The molecule has 2 nitrogen and oxygen atoms in total. The SMILES string of the molecule is OCc1cccnc1S. The molecule has 1 aromatic heterocycles. The van der Waals surface area contributed by atoms with E-state index in [0.29, 0.717) is 5.03 Å². The van der Waals surface area contributed by atoms with Crippen molar-refractivity contribution in [2.45, 2.75) is 11.6 Å². The molecule has 0 aromatic carbocycles. The molecule has 0 aliphatic carbocycles. The smallest absolute Gasteiger partial charge is 0.0984 e. The van der Waals surface area contributed by atoms with Crippen LogP contribution in [0.3, 0.4) is 0 Å². The van der Waals surface area contributed by atoms with Gasteiger partial charge in [-0.1, -0.05) is 6.07 Å². The first-order chi connectivity index (χ1) is 4.34. The molecule has 0 aliphatic rings. The van der Waals surface area contributed by atoms with E-state index in [0.717, 1.165) is 5.56 Å². The van der Waals surface area contributed by atoms with Crippen molar-refractivity contribution in [3.63, 3.8) is 0 Å². The average molecular weight is 141 g/mol. The number of aliphatic hydroxyl groups excluding tert-OH is 1. The van der Waals surface area contributed by atoms with Crippen molar-refractivity contribution in [2.24, 2.45) is 0 Å². The largest absolute Gasteiger partial charge is 0.392 e. The second-order valence-electron chi connectivity index (χ2n) is 1.64. The van der Waals surface area contributed by atoms with Crippen LogP contribution in [0.1, 0.15) is 5.56 Å². The summed E-state index contributed by atoms with van der Waals surface area (Å²) in [5.74, 6) is 0. The first kappa shape index (κ1) is 6.58. The Hall–Kier alpha value is -0.540. The summed E-state index contributed by atoms with van der Waals surface area (Å²) in [7, 11) is 0. The van der Waals surface area contributed by atoms with E-state index in [2.05, 4.69) is 17.6 Å². The lowest BCUT2D eigenvalue weighted by Gasteiger charge is -1.95. The van der Waals surface area contributed by atoms with Crippen LogP contribution < -0.4 is 0 Å². The number of aromatic nitrogens is 1. The summed E-state index contributed by atoms with van der Waals surface area (Å²) in [5.41, 5.74) is 0.765. The van der Waals surface area contributed by atoms with E-state index < -0.39 is 0 Å². The molecule has 0 saturated heterocycles. The maximum atomic E-state index is 8.63. The Bertz CT molecular complexity index is 202. The molecule has 0 atom stereocenters. The van der Waals surface area contributed by atoms with Gasteiger partial charge in [0.25, 0.3) is 0 Å². The second kappa shape index (κ2) is 2.85. The first-order valence-corrected chi connectivity index (χ1v) is 3.03. The Kier molecular flexibility index (Phi) is 2.08. The van der Waals surface area contributed by atoms with E-state index in [-0.39, 0.29) is 6.61 Å². The molecule has 1 N–H and O–H groups in total. The lowest BCUT2D eigenvalue weighted by Crippen LogP contribution is -1.86. The summed E-state index contributed by atoms with van der Waals surface area (Å²) in [4.78, 5) is 3.85. The standard InChI is InChI=1S/C6H7NOS/c8-4-5-2-1-3-7-6(5)9/h1-3,8H,4H2,(H,7,9). The van der Waals surface area contributed by atoms with Gasteiger partial charge in [0.15, 0.2) is 0 Å². The first-order valence-electron chi connectivity index (χ1n) is 2.58. The van der Waals surface area contributed by atoms with Crippen LogP contribution in [0.5, 0.6) is 0 Å². The Morgan fingerprint density at radius 2 is 2.44 bits per heavy atom.